The van der Waals surface area contributed by atoms with Gasteiger partial charge in [0.15, 0.2) is 5.16 Å². The summed E-state index contributed by atoms with van der Waals surface area (Å²) < 4.78 is 0. The van der Waals surface area contributed by atoms with Gasteiger partial charge in [0.2, 0.25) is 0 Å². The van der Waals surface area contributed by atoms with Gasteiger partial charge in [-0.05, 0) is 56.7 Å². The Labute approximate surface area is 111 Å². The quantitative estimate of drug-likeness (QED) is 0.841. The Hall–Kier alpha value is -1.62. The number of nitrogens with two attached hydrogens (primary N) is 1. The van der Waals surface area contributed by atoms with Gasteiger partial charge < -0.3 is 5.73 Å². The first-order valence-corrected chi connectivity index (χ1v) is 6.51. The van der Waals surface area contributed by atoms with E-state index in [1.165, 1.54) is 11.8 Å². The lowest BCUT2D eigenvalue weighted by molar-refractivity contribution is 0.878. The van der Waals surface area contributed by atoms with Gasteiger partial charge >= 0.3 is 0 Å². The van der Waals surface area contributed by atoms with Crippen molar-refractivity contribution in [3.05, 3.63) is 34.8 Å². The molecule has 2 N–H and O–H groups in total. The fraction of sp³-hybridized carbons (Fsp3) is 0.308. The number of nitrogens with zero attached hydrogens (tertiary/aromatic N) is 3. The van der Waals surface area contributed by atoms with Gasteiger partial charge in [-0.1, -0.05) is 0 Å². The van der Waals surface area contributed by atoms with Crippen LogP contribution >= 0.6 is 11.8 Å². The minimum atomic E-state index is 0.695. The van der Waals surface area contributed by atoms with Crippen LogP contribution in [0.25, 0.3) is 0 Å². The smallest absolute Gasteiger partial charge is 0.194 e. The zero-order chi connectivity index (χ0) is 13.3. The number of hydrogen-bond donors (Lipinski definition) is 1. The van der Waals surface area contributed by atoms with Crippen molar-refractivity contribution in [3.63, 3.8) is 0 Å². The second-order valence-corrected chi connectivity index (χ2v) is 5.21. The topological polar surface area (TPSA) is 64.7 Å². The molecular formula is C13H16N4S. The van der Waals surface area contributed by atoms with Gasteiger partial charge in [0.1, 0.15) is 5.03 Å². The molecule has 18 heavy (non-hydrogen) atoms. The summed E-state index contributed by atoms with van der Waals surface area (Å²) >= 11 is 1.41. The van der Waals surface area contributed by atoms with Crippen molar-refractivity contribution in [2.45, 2.75) is 37.9 Å². The number of rotatable bonds is 2. The lowest BCUT2D eigenvalue weighted by Gasteiger charge is -2.08. The fourth-order valence-corrected chi connectivity index (χ4v) is 2.42. The SMILES string of the molecule is Cc1ccnc(Sc2nc(C)c(C)c(C)n2)c1N. The molecule has 5 heteroatoms. The standard InChI is InChI=1S/C13H16N4S/c1-7-5-6-15-12(11(7)14)18-13-16-9(3)8(2)10(4)17-13/h5-6H,14H2,1-4H3. The zero-order valence-corrected chi connectivity index (χ0v) is 11.8. The summed E-state index contributed by atoms with van der Waals surface area (Å²) in [7, 11) is 0. The monoisotopic (exact) mass is 260 g/mol. The number of anilines is 1. The van der Waals surface area contributed by atoms with Gasteiger partial charge in [-0.3, -0.25) is 0 Å². The maximum atomic E-state index is 6.00. The van der Waals surface area contributed by atoms with Crippen molar-refractivity contribution < 1.29 is 0 Å². The van der Waals surface area contributed by atoms with Gasteiger partial charge in [0, 0.05) is 17.6 Å². The number of aromatic nitrogens is 3. The first-order chi connectivity index (χ1) is 8.49. The van der Waals surface area contributed by atoms with Crippen LogP contribution in [0.15, 0.2) is 22.4 Å². The van der Waals surface area contributed by atoms with Crippen LogP contribution in [-0.4, -0.2) is 15.0 Å². The molecule has 0 saturated heterocycles. The molecular weight excluding hydrogens is 244 g/mol. The van der Waals surface area contributed by atoms with E-state index in [1.54, 1.807) is 6.20 Å². The summed E-state index contributed by atoms with van der Waals surface area (Å²) in [6, 6.07) is 1.89. The molecule has 2 rings (SSSR count). The Balaban J connectivity index is 2.37. The molecule has 0 aliphatic heterocycles. The lowest BCUT2D eigenvalue weighted by Crippen LogP contribution is -2.00. The van der Waals surface area contributed by atoms with Crippen molar-refractivity contribution in [1.82, 2.24) is 15.0 Å². The minimum Gasteiger partial charge on any atom is -0.396 e. The molecule has 0 saturated carbocycles. The van der Waals surface area contributed by atoms with E-state index in [0.717, 1.165) is 27.5 Å². The lowest BCUT2D eigenvalue weighted by atomic mass is 10.2. The van der Waals surface area contributed by atoms with E-state index in [9.17, 15) is 0 Å². The Morgan fingerprint density at radius 2 is 1.67 bits per heavy atom. The van der Waals surface area contributed by atoms with Gasteiger partial charge in [0.25, 0.3) is 0 Å². The van der Waals surface area contributed by atoms with Crippen LogP contribution < -0.4 is 5.73 Å². The highest BCUT2D eigenvalue weighted by Gasteiger charge is 2.10. The fourth-order valence-electron chi connectivity index (χ4n) is 1.50. The van der Waals surface area contributed by atoms with Crippen LogP contribution in [-0.2, 0) is 0 Å². The molecule has 0 bridgehead atoms. The molecule has 0 atom stereocenters. The number of hydrogen-bond acceptors (Lipinski definition) is 5. The van der Waals surface area contributed by atoms with Crippen LogP contribution in [0.4, 0.5) is 5.69 Å². The summed E-state index contributed by atoms with van der Waals surface area (Å²) in [5.74, 6) is 0. The Morgan fingerprint density at radius 1 is 1.06 bits per heavy atom. The normalized spacial score (nSPS) is 10.7. The predicted molar refractivity (Wildman–Crippen MR) is 73.8 cm³/mol. The Kier molecular flexibility index (Phi) is 3.52. The minimum absolute atomic E-state index is 0.695. The molecule has 0 unspecified atom stereocenters. The number of aryl methyl sites for hydroxylation is 3. The molecule has 4 nitrogen and oxygen atoms in total. The highest BCUT2D eigenvalue weighted by atomic mass is 32.2. The second-order valence-electron chi connectivity index (χ2n) is 4.25. The Morgan fingerprint density at radius 3 is 2.28 bits per heavy atom. The third kappa shape index (κ3) is 2.46. The van der Waals surface area contributed by atoms with Gasteiger partial charge in [0.05, 0.1) is 5.69 Å². The first kappa shape index (κ1) is 12.8. The molecule has 0 spiro atoms. The van der Waals surface area contributed by atoms with Crippen LogP contribution in [0.2, 0.25) is 0 Å². The second kappa shape index (κ2) is 4.94. The van der Waals surface area contributed by atoms with Crippen molar-refractivity contribution in [2.24, 2.45) is 0 Å². The summed E-state index contributed by atoms with van der Waals surface area (Å²) in [6.45, 7) is 7.97. The largest absolute Gasteiger partial charge is 0.396 e. The van der Waals surface area contributed by atoms with E-state index in [-0.39, 0.29) is 0 Å². The Bertz CT molecular complexity index is 573. The summed E-state index contributed by atoms with van der Waals surface area (Å²) in [6.07, 6.45) is 1.75. The predicted octanol–water partition coefficient (Wildman–Crippen LogP) is 2.84. The summed E-state index contributed by atoms with van der Waals surface area (Å²) in [4.78, 5) is 13.2. The van der Waals surface area contributed by atoms with E-state index in [4.69, 9.17) is 5.73 Å². The van der Waals surface area contributed by atoms with E-state index < -0.39 is 0 Å². The maximum Gasteiger partial charge on any atom is 0.194 e. The molecule has 0 aliphatic carbocycles. The highest BCUT2D eigenvalue weighted by Crippen LogP contribution is 2.30. The van der Waals surface area contributed by atoms with Crippen molar-refractivity contribution >= 4 is 17.4 Å². The van der Waals surface area contributed by atoms with E-state index in [2.05, 4.69) is 15.0 Å². The van der Waals surface area contributed by atoms with Crippen molar-refractivity contribution in [3.8, 4) is 0 Å². The van der Waals surface area contributed by atoms with Crippen LogP contribution in [0, 0.1) is 27.7 Å². The molecule has 0 radical (unpaired) electrons. The maximum absolute atomic E-state index is 6.00. The molecule has 2 heterocycles. The number of nitrogen functional groups attached to an aromatic ring is 1. The summed E-state index contributed by atoms with van der Waals surface area (Å²) in [5.41, 5.74) is 10.8. The number of pyridine rings is 1. The third-order valence-corrected chi connectivity index (χ3v) is 3.86. The average molecular weight is 260 g/mol. The van der Waals surface area contributed by atoms with Crippen LogP contribution in [0.5, 0.6) is 0 Å². The average Bonchev–Trinajstić information content (AvgIpc) is 2.32. The molecule has 0 aliphatic rings. The highest BCUT2D eigenvalue weighted by molar-refractivity contribution is 7.99. The first-order valence-electron chi connectivity index (χ1n) is 5.70. The van der Waals surface area contributed by atoms with E-state index >= 15 is 0 Å². The van der Waals surface area contributed by atoms with Crippen LogP contribution in [0.3, 0.4) is 0 Å². The van der Waals surface area contributed by atoms with E-state index in [1.807, 2.05) is 33.8 Å². The van der Waals surface area contributed by atoms with Crippen molar-refractivity contribution in [1.29, 1.82) is 0 Å². The third-order valence-electron chi connectivity index (χ3n) is 2.97. The van der Waals surface area contributed by atoms with Crippen LogP contribution in [0.1, 0.15) is 22.5 Å². The summed E-state index contributed by atoms with van der Waals surface area (Å²) in [5, 5.41) is 1.46. The van der Waals surface area contributed by atoms with Crippen molar-refractivity contribution in [2.75, 3.05) is 5.73 Å². The zero-order valence-electron chi connectivity index (χ0n) is 11.0. The molecule has 0 amide bonds. The van der Waals surface area contributed by atoms with Gasteiger partial charge in [-0.15, -0.1) is 0 Å². The molecule has 94 valence electrons. The van der Waals surface area contributed by atoms with E-state index in [0.29, 0.717) is 10.8 Å². The van der Waals surface area contributed by atoms with Gasteiger partial charge in [-0.25, -0.2) is 15.0 Å². The molecule has 0 aromatic carbocycles. The molecule has 2 aromatic rings. The molecule has 0 fully saturated rings. The molecule has 2 aromatic heterocycles. The van der Waals surface area contributed by atoms with Gasteiger partial charge in [-0.2, -0.15) is 0 Å².